The number of rotatable bonds is 7. The van der Waals surface area contributed by atoms with Crippen LogP contribution in [0.2, 0.25) is 0 Å². The van der Waals surface area contributed by atoms with Gasteiger partial charge in [0, 0.05) is 24.8 Å². The minimum absolute atomic E-state index is 0.0231. The Bertz CT molecular complexity index is 483. The van der Waals surface area contributed by atoms with Crippen molar-refractivity contribution in [1.82, 2.24) is 4.90 Å². The van der Waals surface area contributed by atoms with Crippen molar-refractivity contribution in [2.45, 2.75) is 32.7 Å². The highest BCUT2D eigenvalue weighted by Gasteiger charge is 2.16. The van der Waals surface area contributed by atoms with Gasteiger partial charge in [-0.15, -0.1) is 0 Å². The summed E-state index contributed by atoms with van der Waals surface area (Å²) in [7, 11) is 0. The molecule has 1 aromatic rings. The van der Waals surface area contributed by atoms with E-state index in [0.717, 1.165) is 5.56 Å². The number of aliphatic hydroxyl groups excluding tert-OH is 1. The number of nitrogens with two attached hydrogens (primary N) is 1. The zero-order valence-electron chi connectivity index (χ0n) is 12.5. The summed E-state index contributed by atoms with van der Waals surface area (Å²) >= 11 is 0. The fraction of sp³-hybridized carbons (Fsp3) is 0.467. The lowest BCUT2D eigenvalue weighted by atomic mass is 10.1. The third-order valence-electron chi connectivity index (χ3n) is 3.21. The molecule has 0 spiro atoms. The van der Waals surface area contributed by atoms with Gasteiger partial charge in [0.05, 0.1) is 6.42 Å². The second-order valence-corrected chi connectivity index (χ2v) is 5.12. The maximum absolute atomic E-state index is 12.3. The first kappa shape index (κ1) is 17.0. The molecule has 0 aromatic heterocycles. The summed E-state index contributed by atoms with van der Waals surface area (Å²) in [6.07, 6.45) is 0.867. The number of amides is 1. The second kappa shape index (κ2) is 8.26. The smallest absolute Gasteiger partial charge is 0.227 e. The quantitative estimate of drug-likeness (QED) is 0.301. The molecule has 0 bridgehead atoms. The van der Waals surface area contributed by atoms with Crippen molar-refractivity contribution < 1.29 is 15.1 Å². The molecule has 0 radical (unpaired) electrons. The van der Waals surface area contributed by atoms with E-state index in [0.29, 0.717) is 24.9 Å². The molecule has 116 valence electrons. The Hall–Kier alpha value is -2.08. The second-order valence-electron chi connectivity index (χ2n) is 5.12. The Morgan fingerprint density at radius 2 is 1.95 bits per heavy atom. The Balaban J connectivity index is 2.72. The highest BCUT2D eigenvalue weighted by atomic mass is 16.4. The van der Waals surface area contributed by atoms with Gasteiger partial charge >= 0.3 is 0 Å². The molecule has 0 unspecified atom stereocenters. The highest BCUT2D eigenvalue weighted by molar-refractivity contribution is 5.97. The van der Waals surface area contributed by atoms with Crippen LogP contribution in [0.25, 0.3) is 0 Å². The van der Waals surface area contributed by atoms with E-state index >= 15 is 0 Å². The number of carbonyl (C=O) groups excluding carboxylic acids is 1. The van der Waals surface area contributed by atoms with E-state index in [9.17, 15) is 4.79 Å². The molecule has 1 rings (SSSR count). The van der Waals surface area contributed by atoms with Crippen molar-refractivity contribution in [1.29, 1.82) is 0 Å². The number of hydrogen-bond donors (Lipinski definition) is 3. The van der Waals surface area contributed by atoms with Crippen LogP contribution in [0, 0.1) is 0 Å². The van der Waals surface area contributed by atoms with Crippen molar-refractivity contribution in [3.05, 3.63) is 35.4 Å². The van der Waals surface area contributed by atoms with E-state index in [-0.39, 0.29) is 24.4 Å². The fourth-order valence-corrected chi connectivity index (χ4v) is 2.04. The molecule has 0 atom stereocenters. The van der Waals surface area contributed by atoms with Crippen LogP contribution < -0.4 is 5.73 Å². The number of aliphatic hydroxyl groups is 1. The van der Waals surface area contributed by atoms with E-state index in [1.165, 1.54) is 0 Å². The van der Waals surface area contributed by atoms with Gasteiger partial charge in [0.15, 0.2) is 5.84 Å². The Labute approximate surface area is 124 Å². The van der Waals surface area contributed by atoms with Crippen molar-refractivity contribution >= 4 is 11.7 Å². The third-order valence-corrected chi connectivity index (χ3v) is 3.21. The van der Waals surface area contributed by atoms with Gasteiger partial charge in [0.1, 0.15) is 0 Å². The summed E-state index contributed by atoms with van der Waals surface area (Å²) < 4.78 is 0. The Kier molecular flexibility index (Phi) is 6.68. The van der Waals surface area contributed by atoms with Crippen LogP contribution >= 0.6 is 0 Å². The number of carbonyl (C=O) groups is 1. The minimum Gasteiger partial charge on any atom is -0.409 e. The molecule has 6 heteroatoms. The lowest BCUT2D eigenvalue weighted by Crippen LogP contribution is -2.39. The molecule has 0 aliphatic heterocycles. The molecule has 0 saturated heterocycles. The highest BCUT2D eigenvalue weighted by Crippen LogP contribution is 2.09. The number of nitrogens with zero attached hydrogens (tertiary/aromatic N) is 2. The third kappa shape index (κ3) is 5.07. The van der Waals surface area contributed by atoms with Crippen LogP contribution in [0.4, 0.5) is 0 Å². The van der Waals surface area contributed by atoms with Gasteiger partial charge in [0.25, 0.3) is 0 Å². The van der Waals surface area contributed by atoms with E-state index in [4.69, 9.17) is 16.0 Å². The van der Waals surface area contributed by atoms with Gasteiger partial charge in [-0.25, -0.2) is 0 Å². The monoisotopic (exact) mass is 293 g/mol. The summed E-state index contributed by atoms with van der Waals surface area (Å²) in [4.78, 5) is 14.0. The minimum atomic E-state index is 0.0231. The van der Waals surface area contributed by atoms with Gasteiger partial charge in [0.2, 0.25) is 5.91 Å². The molecule has 1 aromatic carbocycles. The van der Waals surface area contributed by atoms with Gasteiger partial charge in [-0.1, -0.05) is 29.4 Å². The largest absolute Gasteiger partial charge is 0.409 e. The summed E-state index contributed by atoms with van der Waals surface area (Å²) in [5, 5.41) is 20.4. The average molecular weight is 293 g/mol. The lowest BCUT2D eigenvalue weighted by molar-refractivity contribution is -0.132. The topological polar surface area (TPSA) is 99.2 Å². The van der Waals surface area contributed by atoms with E-state index in [1.54, 1.807) is 29.2 Å². The average Bonchev–Trinajstić information content (AvgIpc) is 2.47. The molecule has 0 heterocycles. The van der Waals surface area contributed by atoms with Gasteiger partial charge in [-0.05, 0) is 25.8 Å². The number of oxime groups is 1. The Morgan fingerprint density at radius 3 is 2.43 bits per heavy atom. The van der Waals surface area contributed by atoms with E-state index < -0.39 is 0 Å². The zero-order valence-corrected chi connectivity index (χ0v) is 12.5. The standard InChI is InChI=1S/C15H23N3O3/c1-11(2)18(8-3-9-19)14(20)10-12-4-6-13(7-5-12)15(16)17-21/h4-7,11,19,21H,3,8-10H2,1-2H3,(H2,16,17). The predicted molar refractivity (Wildman–Crippen MR) is 81.2 cm³/mol. The van der Waals surface area contributed by atoms with Crippen LogP contribution in [-0.2, 0) is 11.2 Å². The summed E-state index contributed by atoms with van der Waals surface area (Å²) in [6.45, 7) is 4.54. The van der Waals surface area contributed by atoms with Crippen LogP contribution in [-0.4, -0.2) is 46.1 Å². The van der Waals surface area contributed by atoms with Gasteiger partial charge in [-0.2, -0.15) is 0 Å². The van der Waals surface area contributed by atoms with Crippen molar-refractivity contribution in [2.24, 2.45) is 10.9 Å². The van der Waals surface area contributed by atoms with Crippen molar-refractivity contribution in [2.75, 3.05) is 13.2 Å². The zero-order chi connectivity index (χ0) is 15.8. The molecule has 0 fully saturated rings. The molecule has 6 nitrogen and oxygen atoms in total. The maximum atomic E-state index is 12.3. The van der Waals surface area contributed by atoms with Crippen LogP contribution in [0.3, 0.4) is 0 Å². The number of benzene rings is 1. The first-order valence-corrected chi connectivity index (χ1v) is 6.96. The van der Waals surface area contributed by atoms with Crippen molar-refractivity contribution in [3.63, 3.8) is 0 Å². The maximum Gasteiger partial charge on any atom is 0.227 e. The SMILES string of the molecule is CC(C)N(CCCO)C(=O)Cc1ccc(C(N)=NO)cc1. The van der Waals surface area contributed by atoms with Crippen LogP contribution in [0.5, 0.6) is 0 Å². The number of hydrogen-bond acceptors (Lipinski definition) is 4. The van der Waals surface area contributed by atoms with Crippen LogP contribution in [0.1, 0.15) is 31.4 Å². The summed E-state index contributed by atoms with van der Waals surface area (Å²) in [5.41, 5.74) is 6.96. The Morgan fingerprint density at radius 1 is 1.33 bits per heavy atom. The summed E-state index contributed by atoms with van der Waals surface area (Å²) in [5.74, 6) is 0.0645. The van der Waals surface area contributed by atoms with Gasteiger partial charge < -0.3 is 20.9 Å². The van der Waals surface area contributed by atoms with E-state index in [2.05, 4.69) is 5.16 Å². The molecule has 0 aliphatic carbocycles. The normalized spacial score (nSPS) is 11.7. The molecule has 0 saturated carbocycles. The molecule has 21 heavy (non-hydrogen) atoms. The van der Waals surface area contributed by atoms with Crippen LogP contribution in [0.15, 0.2) is 29.4 Å². The van der Waals surface area contributed by atoms with E-state index in [1.807, 2.05) is 13.8 Å². The first-order valence-electron chi connectivity index (χ1n) is 6.96. The van der Waals surface area contributed by atoms with Crippen molar-refractivity contribution in [3.8, 4) is 0 Å². The summed E-state index contributed by atoms with van der Waals surface area (Å²) in [6, 6.07) is 7.10. The number of amidine groups is 1. The molecule has 0 aliphatic rings. The predicted octanol–water partition coefficient (Wildman–Crippen LogP) is 0.943. The molecule has 4 N–H and O–H groups in total. The first-order chi connectivity index (χ1) is 9.99. The molecular formula is C15H23N3O3. The lowest BCUT2D eigenvalue weighted by Gasteiger charge is -2.26. The fourth-order valence-electron chi connectivity index (χ4n) is 2.04. The molecule has 1 amide bonds. The molecular weight excluding hydrogens is 270 g/mol. The van der Waals surface area contributed by atoms with Gasteiger partial charge in [-0.3, -0.25) is 4.79 Å².